The van der Waals surface area contributed by atoms with Gasteiger partial charge in [-0.3, -0.25) is 4.98 Å². The lowest BCUT2D eigenvalue weighted by atomic mass is 10.3. The Morgan fingerprint density at radius 3 is 2.89 bits per heavy atom. The van der Waals surface area contributed by atoms with Gasteiger partial charge in [0.05, 0.1) is 16.8 Å². The van der Waals surface area contributed by atoms with E-state index in [1.54, 1.807) is 17.5 Å². The Labute approximate surface area is 125 Å². The summed E-state index contributed by atoms with van der Waals surface area (Å²) in [4.78, 5) is 5.60. The van der Waals surface area contributed by atoms with Crippen LogP contribution in [0.3, 0.4) is 0 Å². The van der Waals surface area contributed by atoms with Gasteiger partial charge in [0, 0.05) is 17.1 Å². The number of thiophene rings is 1. The van der Waals surface area contributed by atoms with Crippen LogP contribution in [0, 0.1) is 0 Å². The van der Waals surface area contributed by atoms with E-state index in [-0.39, 0.29) is 0 Å². The zero-order valence-corrected chi connectivity index (χ0v) is 12.8. The number of rotatable bonds is 6. The second kappa shape index (κ2) is 6.03. The van der Waals surface area contributed by atoms with Gasteiger partial charge in [0.1, 0.15) is 12.4 Å². The molecule has 1 fully saturated rings. The molecule has 0 spiro atoms. The van der Waals surface area contributed by atoms with Crippen LogP contribution in [0.5, 0.6) is 5.75 Å². The van der Waals surface area contributed by atoms with Crippen LogP contribution in [-0.4, -0.2) is 11.0 Å². The summed E-state index contributed by atoms with van der Waals surface area (Å²) in [7, 11) is 0. The van der Waals surface area contributed by atoms with Crippen molar-refractivity contribution in [2.75, 3.05) is 0 Å². The van der Waals surface area contributed by atoms with Gasteiger partial charge in [-0.1, -0.05) is 0 Å². The fraction of sp³-hybridized carbons (Fsp3) is 0.357. The molecule has 1 saturated carbocycles. The Morgan fingerprint density at radius 2 is 2.26 bits per heavy atom. The number of hydrogen-bond acceptors (Lipinski definition) is 4. The molecule has 1 N–H and O–H groups in total. The van der Waals surface area contributed by atoms with Crippen molar-refractivity contribution in [3.8, 4) is 5.75 Å². The van der Waals surface area contributed by atoms with Crippen LogP contribution in [0.25, 0.3) is 0 Å². The highest BCUT2D eigenvalue weighted by Crippen LogP contribution is 2.24. The Balaban J connectivity index is 1.52. The Morgan fingerprint density at radius 1 is 1.37 bits per heavy atom. The standard InChI is InChI=1S/C14H15BrN2OS/c15-13-5-6-19-14(13)9-18-12-4-3-11(17-8-12)7-16-10-1-2-10/h3-6,8,10,16H,1-2,7,9H2. The molecule has 0 aromatic carbocycles. The van der Waals surface area contributed by atoms with E-state index >= 15 is 0 Å². The molecule has 2 heterocycles. The Hall–Kier alpha value is -0.910. The van der Waals surface area contributed by atoms with Crippen molar-refractivity contribution in [3.63, 3.8) is 0 Å². The van der Waals surface area contributed by atoms with E-state index in [0.717, 1.165) is 22.5 Å². The summed E-state index contributed by atoms with van der Waals surface area (Å²) in [5, 5.41) is 5.50. The quantitative estimate of drug-likeness (QED) is 0.871. The zero-order chi connectivity index (χ0) is 13.1. The normalized spacial score (nSPS) is 14.6. The number of nitrogens with one attached hydrogen (secondary N) is 1. The molecule has 5 heteroatoms. The predicted molar refractivity (Wildman–Crippen MR) is 80.4 cm³/mol. The van der Waals surface area contributed by atoms with Crippen LogP contribution in [0.2, 0.25) is 0 Å². The second-order valence-corrected chi connectivity index (χ2v) is 6.48. The maximum Gasteiger partial charge on any atom is 0.138 e. The minimum Gasteiger partial charge on any atom is -0.486 e. The van der Waals surface area contributed by atoms with Crippen molar-refractivity contribution in [1.82, 2.24) is 10.3 Å². The van der Waals surface area contributed by atoms with Crippen molar-refractivity contribution in [2.45, 2.75) is 32.0 Å². The molecule has 2 aromatic heterocycles. The average Bonchev–Trinajstić information content (AvgIpc) is 3.18. The van der Waals surface area contributed by atoms with Crippen LogP contribution in [0.4, 0.5) is 0 Å². The van der Waals surface area contributed by atoms with E-state index in [0.29, 0.717) is 12.6 Å². The monoisotopic (exact) mass is 338 g/mol. The van der Waals surface area contributed by atoms with Crippen LogP contribution >= 0.6 is 27.3 Å². The van der Waals surface area contributed by atoms with Crippen molar-refractivity contribution in [3.05, 3.63) is 44.8 Å². The average molecular weight is 339 g/mol. The lowest BCUT2D eigenvalue weighted by Gasteiger charge is -2.06. The minimum absolute atomic E-state index is 0.583. The van der Waals surface area contributed by atoms with Crippen molar-refractivity contribution in [1.29, 1.82) is 0 Å². The molecule has 100 valence electrons. The predicted octanol–water partition coefficient (Wildman–Crippen LogP) is 3.74. The first-order valence-corrected chi connectivity index (χ1v) is 8.01. The van der Waals surface area contributed by atoms with Gasteiger partial charge in [-0.25, -0.2) is 0 Å². The first-order valence-electron chi connectivity index (χ1n) is 6.34. The van der Waals surface area contributed by atoms with Gasteiger partial charge < -0.3 is 10.1 Å². The highest BCUT2D eigenvalue weighted by Gasteiger charge is 2.20. The summed E-state index contributed by atoms with van der Waals surface area (Å²) in [6.07, 6.45) is 4.40. The zero-order valence-electron chi connectivity index (χ0n) is 10.4. The molecule has 3 nitrogen and oxygen atoms in total. The highest BCUT2D eigenvalue weighted by atomic mass is 79.9. The molecule has 19 heavy (non-hydrogen) atoms. The molecule has 0 aliphatic heterocycles. The first kappa shape index (κ1) is 13.1. The summed E-state index contributed by atoms with van der Waals surface area (Å²) in [6.45, 7) is 1.43. The maximum atomic E-state index is 5.72. The lowest BCUT2D eigenvalue weighted by Crippen LogP contribution is -2.16. The number of nitrogens with zero attached hydrogens (tertiary/aromatic N) is 1. The minimum atomic E-state index is 0.583. The number of ether oxygens (including phenoxy) is 1. The van der Waals surface area contributed by atoms with E-state index in [1.165, 1.54) is 17.7 Å². The van der Waals surface area contributed by atoms with Crippen molar-refractivity contribution < 1.29 is 4.74 Å². The number of aromatic nitrogens is 1. The van der Waals surface area contributed by atoms with Gasteiger partial charge in [-0.2, -0.15) is 0 Å². The topological polar surface area (TPSA) is 34.1 Å². The van der Waals surface area contributed by atoms with Gasteiger partial charge in [0.2, 0.25) is 0 Å². The largest absolute Gasteiger partial charge is 0.486 e. The lowest BCUT2D eigenvalue weighted by molar-refractivity contribution is 0.307. The van der Waals surface area contributed by atoms with Gasteiger partial charge in [-0.15, -0.1) is 11.3 Å². The molecule has 0 atom stereocenters. The maximum absolute atomic E-state index is 5.72. The highest BCUT2D eigenvalue weighted by molar-refractivity contribution is 9.10. The van der Waals surface area contributed by atoms with E-state index in [1.807, 2.05) is 23.6 Å². The summed E-state index contributed by atoms with van der Waals surface area (Å²) in [5.74, 6) is 0.815. The SMILES string of the molecule is Brc1ccsc1COc1ccc(CNC2CC2)nc1. The summed E-state index contributed by atoms with van der Waals surface area (Å²) >= 11 is 5.19. The van der Waals surface area contributed by atoms with E-state index in [2.05, 4.69) is 26.2 Å². The van der Waals surface area contributed by atoms with Crippen LogP contribution in [0.1, 0.15) is 23.4 Å². The summed E-state index contributed by atoms with van der Waals surface area (Å²) in [5.41, 5.74) is 1.07. The summed E-state index contributed by atoms with van der Waals surface area (Å²) < 4.78 is 6.83. The molecule has 0 unspecified atom stereocenters. The number of hydrogen-bond donors (Lipinski definition) is 1. The second-order valence-electron chi connectivity index (χ2n) is 4.62. The van der Waals surface area contributed by atoms with Crippen LogP contribution in [0.15, 0.2) is 34.2 Å². The molecular formula is C14H15BrN2OS. The third-order valence-electron chi connectivity index (χ3n) is 3.01. The van der Waals surface area contributed by atoms with E-state index in [9.17, 15) is 0 Å². The van der Waals surface area contributed by atoms with Crippen LogP contribution in [-0.2, 0) is 13.2 Å². The molecule has 0 amide bonds. The smallest absolute Gasteiger partial charge is 0.138 e. The molecule has 1 aliphatic carbocycles. The van der Waals surface area contributed by atoms with Crippen molar-refractivity contribution >= 4 is 27.3 Å². The number of halogens is 1. The molecule has 0 saturated heterocycles. The Kier molecular flexibility index (Phi) is 4.15. The van der Waals surface area contributed by atoms with Gasteiger partial charge in [0.25, 0.3) is 0 Å². The molecule has 2 aromatic rings. The summed E-state index contributed by atoms with van der Waals surface area (Å²) in [6, 6.07) is 6.76. The van der Waals surface area contributed by atoms with Gasteiger partial charge in [0.15, 0.2) is 0 Å². The first-order chi connectivity index (χ1) is 9.31. The fourth-order valence-corrected chi connectivity index (χ4v) is 3.09. The molecule has 0 radical (unpaired) electrons. The molecule has 0 bridgehead atoms. The van der Waals surface area contributed by atoms with Gasteiger partial charge in [-0.05, 0) is 52.4 Å². The Bertz CT molecular complexity index is 537. The van der Waals surface area contributed by atoms with E-state index < -0.39 is 0 Å². The third-order valence-corrected chi connectivity index (χ3v) is 4.91. The molecule has 1 aliphatic rings. The number of pyridine rings is 1. The van der Waals surface area contributed by atoms with Gasteiger partial charge >= 0.3 is 0 Å². The fourth-order valence-electron chi connectivity index (χ4n) is 1.71. The third kappa shape index (κ3) is 3.78. The van der Waals surface area contributed by atoms with Crippen LogP contribution < -0.4 is 10.1 Å². The van der Waals surface area contributed by atoms with E-state index in [4.69, 9.17) is 4.74 Å². The van der Waals surface area contributed by atoms with Crippen molar-refractivity contribution in [2.24, 2.45) is 0 Å². The molecule has 3 rings (SSSR count). The molecular weight excluding hydrogens is 324 g/mol.